The molecule has 2 aromatic rings. The van der Waals surface area contributed by atoms with Crippen LogP contribution >= 0.6 is 0 Å². The molecule has 2 aromatic carbocycles. The first-order valence-electron chi connectivity index (χ1n) is 22.4. The van der Waals surface area contributed by atoms with Gasteiger partial charge in [-0.3, -0.25) is 23.6 Å². The summed E-state index contributed by atoms with van der Waals surface area (Å²) < 4.78 is 47.0. The van der Waals surface area contributed by atoms with E-state index in [1.54, 1.807) is 48.9 Å². The van der Waals surface area contributed by atoms with Gasteiger partial charge in [-0.05, 0) is 148 Å². The number of aliphatic imine (C=N–C) groups is 1. The molecule has 2 aliphatic heterocycles. The molecule has 0 saturated carbocycles. The maximum absolute atomic E-state index is 13.9. The molecule has 1 N–H and O–H groups in total. The van der Waals surface area contributed by atoms with Crippen molar-refractivity contribution in [3.63, 3.8) is 0 Å². The molecule has 0 aromatic heterocycles. The molecule has 2 aliphatic rings. The van der Waals surface area contributed by atoms with E-state index in [1.807, 2.05) is 65.0 Å². The normalized spacial score (nSPS) is 17.3. The zero-order valence-electron chi connectivity index (χ0n) is 39.2. The van der Waals surface area contributed by atoms with E-state index in [0.29, 0.717) is 70.0 Å². The fourth-order valence-corrected chi connectivity index (χ4v) is 8.49. The third kappa shape index (κ3) is 17.9. The molecule has 14 nitrogen and oxygen atoms in total. The van der Waals surface area contributed by atoms with E-state index in [1.165, 1.54) is 12.1 Å². The number of hydrogen-bond acceptors (Lipinski definition) is 11. The topological polar surface area (TPSA) is 170 Å². The summed E-state index contributed by atoms with van der Waals surface area (Å²) in [4.78, 5) is 60.6. The van der Waals surface area contributed by atoms with Gasteiger partial charge in [-0.1, -0.05) is 41.5 Å². The molecule has 2 unspecified atom stereocenters. The Morgan fingerprint density at radius 1 is 0.875 bits per heavy atom. The molecule has 4 rings (SSSR count). The number of allylic oxidation sites excluding steroid dienone is 2. The molecule has 0 aliphatic carbocycles. The summed E-state index contributed by atoms with van der Waals surface area (Å²) in [5.41, 5.74) is 2.29. The van der Waals surface area contributed by atoms with Crippen LogP contribution in [0.2, 0.25) is 0 Å². The molecule has 2 heterocycles. The highest BCUT2D eigenvalue weighted by molar-refractivity contribution is 7.86. The predicted molar refractivity (Wildman–Crippen MR) is 247 cm³/mol. The van der Waals surface area contributed by atoms with E-state index in [9.17, 15) is 27.6 Å². The lowest BCUT2D eigenvalue weighted by molar-refractivity contribution is -0.155. The highest BCUT2D eigenvalue weighted by Crippen LogP contribution is 2.26. The van der Waals surface area contributed by atoms with E-state index in [2.05, 4.69) is 17.0 Å². The van der Waals surface area contributed by atoms with Crippen LogP contribution in [0.3, 0.4) is 0 Å². The van der Waals surface area contributed by atoms with Crippen molar-refractivity contribution in [3.8, 4) is 5.75 Å². The number of rotatable bonds is 19. The summed E-state index contributed by atoms with van der Waals surface area (Å²) in [7, 11) is -3.88. The Hall–Kier alpha value is -5.02. The summed E-state index contributed by atoms with van der Waals surface area (Å²) in [5.74, 6) is -0.166. The zero-order valence-corrected chi connectivity index (χ0v) is 40.0. The van der Waals surface area contributed by atoms with Crippen molar-refractivity contribution in [1.82, 2.24) is 15.1 Å². The van der Waals surface area contributed by atoms with Gasteiger partial charge in [0.25, 0.3) is 10.1 Å². The monoisotopic (exact) mass is 906 g/mol. The second-order valence-electron chi connectivity index (χ2n) is 18.8. The van der Waals surface area contributed by atoms with Crippen LogP contribution in [-0.2, 0) is 44.6 Å². The van der Waals surface area contributed by atoms with Gasteiger partial charge >= 0.3 is 12.1 Å². The first kappa shape index (κ1) is 51.6. The average Bonchev–Trinajstić information content (AvgIpc) is 3.22. The maximum Gasteiger partial charge on any atom is 0.410 e. The minimum atomic E-state index is -3.88. The number of ether oxygens (including phenoxy) is 3. The molecular formula is C49H70N4O10S. The second kappa shape index (κ2) is 23.8. The van der Waals surface area contributed by atoms with Crippen LogP contribution in [0.5, 0.6) is 5.75 Å². The van der Waals surface area contributed by atoms with Gasteiger partial charge in [-0.2, -0.15) is 8.42 Å². The Kier molecular flexibility index (Phi) is 19.2. The molecule has 0 radical (unpaired) electrons. The minimum absolute atomic E-state index is 0.0270. The van der Waals surface area contributed by atoms with Crippen molar-refractivity contribution in [1.29, 1.82) is 0 Å². The standard InChI is InChI=1S/C49H70N4O10S/c1-35-12-21-42(22-13-35)64(58,59)61-30-29-60-41-19-16-37(17-20-41)14-15-39(33-50-9)31-36(2)43(32-45(55)62-48(3,4)5)51-46(56)40-11-10-26-53(34-40)44(54)23-18-38-24-27-52(28-25-38)47(57)63-49(6,7)8/h12-13,16-17,19-22,31,33,38,40,43H,9-11,14-15,18,23-30,32,34H2,1-8H3,(H,51,56). The molecule has 2 atom stereocenters. The molecule has 2 fully saturated rings. The average molecular weight is 907 g/mol. The molecule has 15 heteroatoms. The van der Waals surface area contributed by atoms with Gasteiger partial charge in [-0.15, -0.1) is 0 Å². The van der Waals surface area contributed by atoms with Gasteiger partial charge in [0.15, 0.2) is 0 Å². The Morgan fingerprint density at radius 3 is 2.16 bits per heavy atom. The molecule has 64 heavy (non-hydrogen) atoms. The minimum Gasteiger partial charge on any atom is -0.491 e. The van der Waals surface area contributed by atoms with Crippen molar-refractivity contribution in [2.45, 2.75) is 135 Å². The van der Waals surface area contributed by atoms with Crippen molar-refractivity contribution >= 4 is 40.7 Å². The second-order valence-corrected chi connectivity index (χ2v) is 20.5. The Bertz CT molecular complexity index is 2060. The quantitative estimate of drug-likeness (QED) is 0.0478. The zero-order chi connectivity index (χ0) is 47.1. The van der Waals surface area contributed by atoms with Crippen LogP contribution < -0.4 is 10.1 Å². The van der Waals surface area contributed by atoms with Crippen LogP contribution in [0.4, 0.5) is 4.79 Å². The molecule has 3 amide bonds. The van der Waals surface area contributed by atoms with E-state index < -0.39 is 39.2 Å². The summed E-state index contributed by atoms with van der Waals surface area (Å²) in [6.07, 6.45) is 8.50. The number of hydrogen-bond donors (Lipinski definition) is 1. The van der Waals surface area contributed by atoms with Crippen LogP contribution in [0, 0.1) is 18.8 Å². The van der Waals surface area contributed by atoms with E-state index in [4.69, 9.17) is 18.4 Å². The first-order chi connectivity index (χ1) is 30.1. The summed E-state index contributed by atoms with van der Waals surface area (Å²) in [6, 6.07) is 13.3. The number of carbonyl (C=O) groups is 4. The lowest BCUT2D eigenvalue weighted by atomic mass is 9.91. The lowest BCUT2D eigenvalue weighted by Crippen LogP contribution is -2.48. The molecular weight excluding hydrogens is 837 g/mol. The highest BCUT2D eigenvalue weighted by atomic mass is 32.2. The van der Waals surface area contributed by atoms with Gasteiger partial charge in [0, 0.05) is 38.8 Å². The summed E-state index contributed by atoms with van der Waals surface area (Å²) >= 11 is 0. The van der Waals surface area contributed by atoms with Gasteiger partial charge in [0.05, 0.1) is 23.3 Å². The lowest BCUT2D eigenvalue weighted by Gasteiger charge is -2.35. The number of nitrogens with one attached hydrogen (secondary N) is 1. The predicted octanol–water partition coefficient (Wildman–Crippen LogP) is 8.13. The fourth-order valence-electron chi connectivity index (χ4n) is 7.60. The van der Waals surface area contributed by atoms with Crippen LogP contribution in [-0.4, -0.2) is 105 Å². The van der Waals surface area contributed by atoms with Gasteiger partial charge in [0.2, 0.25) is 11.8 Å². The van der Waals surface area contributed by atoms with E-state index in [0.717, 1.165) is 41.5 Å². The van der Waals surface area contributed by atoms with Gasteiger partial charge in [-0.25, -0.2) is 4.79 Å². The number of benzene rings is 2. The van der Waals surface area contributed by atoms with Crippen LogP contribution in [0.25, 0.3) is 0 Å². The molecule has 0 spiro atoms. The third-order valence-electron chi connectivity index (χ3n) is 11.0. The number of amides is 3. The van der Waals surface area contributed by atoms with Crippen molar-refractivity contribution < 1.29 is 46.0 Å². The molecule has 0 bridgehead atoms. The van der Waals surface area contributed by atoms with E-state index >= 15 is 0 Å². The first-order valence-corrected chi connectivity index (χ1v) is 23.8. The number of carbonyl (C=O) groups excluding carboxylic acids is 4. The smallest absolute Gasteiger partial charge is 0.410 e. The van der Waals surface area contributed by atoms with E-state index in [-0.39, 0.29) is 42.4 Å². The van der Waals surface area contributed by atoms with Crippen molar-refractivity contribution in [2.75, 3.05) is 39.4 Å². The number of aryl methyl sites for hydroxylation is 2. The third-order valence-corrected chi connectivity index (χ3v) is 12.4. The number of piperidine rings is 2. The van der Waals surface area contributed by atoms with Crippen LogP contribution in [0.1, 0.15) is 111 Å². The van der Waals surface area contributed by atoms with Crippen LogP contribution in [0.15, 0.2) is 81.8 Å². The number of nitrogens with zero attached hydrogens (tertiary/aromatic N) is 3. The number of esters is 1. The Labute approximate surface area is 381 Å². The van der Waals surface area contributed by atoms with Crippen molar-refractivity contribution in [3.05, 3.63) is 83.1 Å². The molecule has 352 valence electrons. The Morgan fingerprint density at radius 2 is 1.53 bits per heavy atom. The number of likely N-dealkylation sites (tertiary alicyclic amines) is 2. The largest absolute Gasteiger partial charge is 0.491 e. The summed E-state index contributed by atoms with van der Waals surface area (Å²) in [5, 5.41) is 3.12. The fraction of sp³-hybridized carbons (Fsp3) is 0.571. The van der Waals surface area contributed by atoms with Gasteiger partial charge < -0.3 is 29.3 Å². The van der Waals surface area contributed by atoms with Gasteiger partial charge in [0.1, 0.15) is 30.2 Å². The maximum atomic E-state index is 13.9. The molecule has 2 saturated heterocycles. The SMILES string of the molecule is C=NC=C(C=C(C)C(CC(=O)OC(C)(C)C)NC(=O)C1CCCN(C(=O)CCC2CCN(C(=O)OC(C)(C)C)CC2)C1)CCc1ccc(OCCOS(=O)(=O)c2ccc(C)cc2)cc1. The highest BCUT2D eigenvalue weighted by Gasteiger charge is 2.32. The summed E-state index contributed by atoms with van der Waals surface area (Å²) in [6.45, 7) is 20.4. The van der Waals surface area contributed by atoms with Crippen molar-refractivity contribution in [2.24, 2.45) is 16.8 Å². The Balaban J connectivity index is 1.31.